The molecule has 1 aromatic heterocycles. The standard InChI is InChI=1S/C28H28N4O2/c29-17-20-7-10-26-23(15-20)28(18-34-26)11-13-32(14-12-28)27(33)21-8-5-19(6-9-21)16-25-22-3-1-2-4-24(22)30-31-25/h1-10,15H,11-14,16-18,29H2,(H,30,31). The number of nitrogens with one attached hydrogen (secondary N) is 1. The molecule has 0 aliphatic carbocycles. The summed E-state index contributed by atoms with van der Waals surface area (Å²) in [5.41, 5.74) is 12.2. The Labute approximate surface area is 198 Å². The van der Waals surface area contributed by atoms with Gasteiger partial charge in [0.25, 0.3) is 5.91 Å². The van der Waals surface area contributed by atoms with Crippen molar-refractivity contribution in [2.75, 3.05) is 19.7 Å². The Morgan fingerprint density at radius 2 is 1.79 bits per heavy atom. The molecule has 2 aliphatic rings. The number of benzene rings is 3. The number of ether oxygens (including phenoxy) is 1. The van der Waals surface area contributed by atoms with E-state index in [1.165, 1.54) is 5.56 Å². The minimum absolute atomic E-state index is 0.00595. The number of aromatic nitrogens is 2. The van der Waals surface area contributed by atoms with Crippen LogP contribution in [0, 0.1) is 0 Å². The second-order valence-electron chi connectivity index (χ2n) is 9.49. The van der Waals surface area contributed by atoms with Crippen LogP contribution in [0.3, 0.4) is 0 Å². The molecule has 6 rings (SSSR count). The Morgan fingerprint density at radius 3 is 2.59 bits per heavy atom. The van der Waals surface area contributed by atoms with Crippen molar-refractivity contribution in [1.29, 1.82) is 0 Å². The highest BCUT2D eigenvalue weighted by Crippen LogP contribution is 2.46. The molecular formula is C28H28N4O2. The van der Waals surface area contributed by atoms with Crippen LogP contribution < -0.4 is 10.5 Å². The summed E-state index contributed by atoms with van der Waals surface area (Å²) in [4.78, 5) is 15.2. The lowest BCUT2D eigenvalue weighted by molar-refractivity contribution is 0.0646. The van der Waals surface area contributed by atoms with Crippen LogP contribution in [0.25, 0.3) is 10.9 Å². The molecule has 1 fully saturated rings. The molecule has 1 amide bonds. The van der Waals surface area contributed by atoms with Gasteiger partial charge < -0.3 is 15.4 Å². The topological polar surface area (TPSA) is 84.2 Å². The monoisotopic (exact) mass is 452 g/mol. The van der Waals surface area contributed by atoms with Gasteiger partial charge in [0.05, 0.1) is 12.1 Å². The molecule has 3 N–H and O–H groups in total. The average Bonchev–Trinajstić information content (AvgIpc) is 3.46. The van der Waals surface area contributed by atoms with Gasteiger partial charge in [0.2, 0.25) is 0 Å². The summed E-state index contributed by atoms with van der Waals surface area (Å²) in [6.07, 6.45) is 2.57. The molecule has 0 atom stereocenters. The van der Waals surface area contributed by atoms with E-state index in [1.54, 1.807) is 0 Å². The van der Waals surface area contributed by atoms with Crippen molar-refractivity contribution in [1.82, 2.24) is 15.1 Å². The molecule has 4 aromatic rings. The summed E-state index contributed by atoms with van der Waals surface area (Å²) in [6, 6.07) is 22.4. The maximum Gasteiger partial charge on any atom is 0.253 e. The fourth-order valence-electron chi connectivity index (χ4n) is 5.39. The van der Waals surface area contributed by atoms with E-state index in [1.807, 2.05) is 59.5 Å². The summed E-state index contributed by atoms with van der Waals surface area (Å²) in [5.74, 6) is 1.07. The first-order chi connectivity index (χ1) is 16.6. The number of nitrogens with zero attached hydrogens (tertiary/aromatic N) is 2. The highest BCUT2D eigenvalue weighted by atomic mass is 16.5. The molecule has 0 unspecified atom stereocenters. The van der Waals surface area contributed by atoms with Crippen molar-refractivity contribution in [3.05, 3.63) is 94.7 Å². The van der Waals surface area contributed by atoms with Gasteiger partial charge >= 0.3 is 0 Å². The first kappa shape index (κ1) is 20.9. The van der Waals surface area contributed by atoms with Crippen LogP contribution in [0.1, 0.15) is 45.6 Å². The van der Waals surface area contributed by atoms with E-state index in [2.05, 4.69) is 22.3 Å². The molecule has 2 aliphatic heterocycles. The number of nitrogens with two attached hydrogens (primary N) is 1. The van der Waals surface area contributed by atoms with Gasteiger partial charge in [-0.05, 0) is 48.2 Å². The third kappa shape index (κ3) is 3.55. The fraction of sp³-hybridized carbons (Fsp3) is 0.286. The molecule has 172 valence electrons. The zero-order valence-corrected chi connectivity index (χ0v) is 19.1. The van der Waals surface area contributed by atoms with Crippen molar-refractivity contribution >= 4 is 16.8 Å². The summed E-state index contributed by atoms with van der Waals surface area (Å²) < 4.78 is 6.00. The van der Waals surface area contributed by atoms with Crippen LogP contribution in [0.15, 0.2) is 66.7 Å². The van der Waals surface area contributed by atoms with E-state index in [0.29, 0.717) is 13.2 Å². The number of amides is 1. The Hall–Kier alpha value is -3.64. The van der Waals surface area contributed by atoms with Gasteiger partial charge in [-0.3, -0.25) is 9.89 Å². The predicted octanol–water partition coefficient (Wildman–Crippen LogP) is 4.18. The van der Waals surface area contributed by atoms with E-state index >= 15 is 0 Å². The molecule has 0 bridgehead atoms. The minimum Gasteiger partial charge on any atom is -0.492 e. The lowest BCUT2D eigenvalue weighted by atomic mass is 9.74. The van der Waals surface area contributed by atoms with Crippen LogP contribution in [-0.4, -0.2) is 40.7 Å². The number of hydrogen-bond acceptors (Lipinski definition) is 4. The fourth-order valence-corrected chi connectivity index (χ4v) is 5.39. The summed E-state index contributed by atoms with van der Waals surface area (Å²) in [6.45, 7) is 2.68. The highest BCUT2D eigenvalue weighted by Gasteiger charge is 2.43. The van der Waals surface area contributed by atoms with Crippen LogP contribution in [0.5, 0.6) is 5.75 Å². The molecule has 0 radical (unpaired) electrons. The van der Waals surface area contributed by atoms with Crippen molar-refractivity contribution in [2.24, 2.45) is 5.73 Å². The largest absolute Gasteiger partial charge is 0.492 e. The van der Waals surface area contributed by atoms with Gasteiger partial charge in [-0.1, -0.05) is 42.5 Å². The molecular weight excluding hydrogens is 424 g/mol. The average molecular weight is 453 g/mol. The van der Waals surface area contributed by atoms with Crippen molar-refractivity contribution in [3.8, 4) is 5.75 Å². The number of piperidine rings is 1. The number of rotatable bonds is 4. The maximum atomic E-state index is 13.2. The van der Waals surface area contributed by atoms with Crippen LogP contribution >= 0.6 is 0 Å². The summed E-state index contributed by atoms with van der Waals surface area (Å²) >= 11 is 0. The Morgan fingerprint density at radius 1 is 1.03 bits per heavy atom. The van der Waals surface area contributed by atoms with E-state index in [-0.39, 0.29) is 11.3 Å². The van der Waals surface area contributed by atoms with Gasteiger partial charge in [-0.25, -0.2) is 0 Å². The number of aromatic amines is 1. The molecule has 34 heavy (non-hydrogen) atoms. The zero-order chi connectivity index (χ0) is 23.1. The summed E-state index contributed by atoms with van der Waals surface area (Å²) in [7, 11) is 0. The lowest BCUT2D eigenvalue weighted by Crippen LogP contribution is -2.46. The van der Waals surface area contributed by atoms with Crippen molar-refractivity contribution in [3.63, 3.8) is 0 Å². The quantitative estimate of drug-likeness (QED) is 0.487. The second kappa shape index (κ2) is 8.29. The molecule has 6 nitrogen and oxygen atoms in total. The first-order valence-corrected chi connectivity index (χ1v) is 11.9. The van der Waals surface area contributed by atoms with Crippen LogP contribution in [0.4, 0.5) is 0 Å². The van der Waals surface area contributed by atoms with Crippen molar-refractivity contribution in [2.45, 2.75) is 31.2 Å². The SMILES string of the molecule is NCc1ccc2c(c1)C1(CCN(C(=O)c3ccc(Cc4[nH]nc5ccccc45)cc3)CC1)CO2. The highest BCUT2D eigenvalue weighted by molar-refractivity contribution is 5.94. The second-order valence-corrected chi connectivity index (χ2v) is 9.49. The number of likely N-dealkylation sites (tertiary alicyclic amines) is 1. The van der Waals surface area contributed by atoms with Gasteiger partial charge in [-0.2, -0.15) is 5.10 Å². The van der Waals surface area contributed by atoms with Gasteiger partial charge in [-0.15, -0.1) is 0 Å². The molecule has 6 heteroatoms. The Bertz CT molecular complexity index is 1350. The maximum absolute atomic E-state index is 13.2. The number of carbonyl (C=O) groups is 1. The van der Waals surface area contributed by atoms with E-state index in [4.69, 9.17) is 10.5 Å². The molecule has 3 aromatic carbocycles. The number of carbonyl (C=O) groups excluding carboxylic acids is 1. The van der Waals surface area contributed by atoms with E-state index < -0.39 is 0 Å². The van der Waals surface area contributed by atoms with E-state index in [9.17, 15) is 4.79 Å². The van der Waals surface area contributed by atoms with Crippen LogP contribution in [0.2, 0.25) is 0 Å². The number of H-pyrrole nitrogens is 1. The number of fused-ring (bicyclic) bond motifs is 3. The number of para-hydroxylation sites is 1. The third-order valence-electron chi connectivity index (χ3n) is 7.49. The minimum atomic E-state index is -0.00595. The van der Waals surface area contributed by atoms with Gasteiger partial charge in [0.15, 0.2) is 0 Å². The Kier molecular flexibility index (Phi) is 5.11. The first-order valence-electron chi connectivity index (χ1n) is 11.9. The van der Waals surface area contributed by atoms with E-state index in [0.717, 1.165) is 71.4 Å². The smallest absolute Gasteiger partial charge is 0.253 e. The molecule has 1 saturated heterocycles. The van der Waals surface area contributed by atoms with Gasteiger partial charge in [0.1, 0.15) is 5.75 Å². The normalized spacial score (nSPS) is 16.6. The van der Waals surface area contributed by atoms with Gasteiger partial charge in [0, 0.05) is 53.7 Å². The molecule has 0 saturated carbocycles. The zero-order valence-electron chi connectivity index (χ0n) is 19.1. The van der Waals surface area contributed by atoms with Crippen molar-refractivity contribution < 1.29 is 9.53 Å². The van der Waals surface area contributed by atoms with Crippen LogP contribution in [-0.2, 0) is 18.4 Å². The number of hydrogen-bond donors (Lipinski definition) is 2. The predicted molar refractivity (Wildman–Crippen MR) is 132 cm³/mol. The molecule has 3 heterocycles. The lowest BCUT2D eigenvalue weighted by Gasteiger charge is -2.38. The summed E-state index contributed by atoms with van der Waals surface area (Å²) in [5, 5.41) is 8.66. The third-order valence-corrected chi connectivity index (χ3v) is 7.49. The Balaban J connectivity index is 1.13. The molecule has 1 spiro atoms.